The van der Waals surface area contributed by atoms with Gasteiger partial charge in [-0.3, -0.25) is 9.59 Å². The van der Waals surface area contributed by atoms with E-state index in [0.717, 1.165) is 53.7 Å². The minimum atomic E-state index is -0.222. The van der Waals surface area contributed by atoms with E-state index in [0.29, 0.717) is 16.8 Å². The normalized spacial score (nSPS) is 13.9. The number of aryl methyl sites for hydroxylation is 2. The maximum Gasteiger partial charge on any atom is 0.256 e. The van der Waals surface area contributed by atoms with Crippen molar-refractivity contribution in [3.05, 3.63) is 95.1 Å². The number of carbonyl (C=O) groups is 2. The summed E-state index contributed by atoms with van der Waals surface area (Å²) in [5.41, 5.74) is 6.48. The third-order valence-electron chi connectivity index (χ3n) is 6.89. The van der Waals surface area contributed by atoms with Crippen LogP contribution >= 0.6 is 0 Å². The van der Waals surface area contributed by atoms with Crippen LogP contribution in [0.25, 0.3) is 22.2 Å². The summed E-state index contributed by atoms with van der Waals surface area (Å²) >= 11 is 0. The van der Waals surface area contributed by atoms with Gasteiger partial charge in [0.1, 0.15) is 0 Å². The molecule has 1 aliphatic rings. The minimum Gasteiger partial charge on any atom is -0.339 e. The van der Waals surface area contributed by atoms with Gasteiger partial charge in [-0.25, -0.2) is 4.98 Å². The topological polar surface area (TPSA) is 62.3 Å². The fourth-order valence-corrected chi connectivity index (χ4v) is 4.84. The highest BCUT2D eigenvalue weighted by Gasteiger charge is 2.19. The van der Waals surface area contributed by atoms with Gasteiger partial charge >= 0.3 is 0 Å². The molecule has 2 heterocycles. The second-order valence-electron chi connectivity index (χ2n) is 9.63. The van der Waals surface area contributed by atoms with E-state index in [2.05, 4.69) is 5.32 Å². The predicted octanol–water partition coefficient (Wildman–Crippen LogP) is 6.79. The molecule has 3 aromatic carbocycles. The molecular formula is C31H31N3O2. The number of anilines is 1. The zero-order chi connectivity index (χ0) is 25.1. The number of hydrogen-bond acceptors (Lipinski definition) is 3. The molecule has 0 radical (unpaired) electrons. The van der Waals surface area contributed by atoms with E-state index in [-0.39, 0.29) is 11.8 Å². The number of nitrogens with zero attached hydrogens (tertiary/aromatic N) is 2. The highest BCUT2D eigenvalue weighted by atomic mass is 16.2. The molecule has 1 aliphatic heterocycles. The maximum atomic E-state index is 13.6. The third-order valence-corrected chi connectivity index (χ3v) is 6.89. The lowest BCUT2D eigenvalue weighted by molar-refractivity contribution is 0.0761. The molecule has 0 bridgehead atoms. The molecule has 1 fully saturated rings. The Kier molecular flexibility index (Phi) is 6.81. The van der Waals surface area contributed by atoms with E-state index in [1.807, 2.05) is 85.5 Å². The highest BCUT2D eigenvalue weighted by molar-refractivity contribution is 6.13. The van der Waals surface area contributed by atoms with E-state index in [4.69, 9.17) is 4.98 Å². The smallest absolute Gasteiger partial charge is 0.256 e. The van der Waals surface area contributed by atoms with Gasteiger partial charge in [0.25, 0.3) is 11.8 Å². The maximum absolute atomic E-state index is 13.6. The second-order valence-corrected chi connectivity index (χ2v) is 9.63. The van der Waals surface area contributed by atoms with Gasteiger partial charge in [-0.05, 0) is 56.5 Å². The van der Waals surface area contributed by atoms with Gasteiger partial charge in [-0.2, -0.15) is 0 Å². The third kappa shape index (κ3) is 5.01. The first-order valence-corrected chi connectivity index (χ1v) is 12.7. The number of carbonyl (C=O) groups excluding carboxylic acids is 2. The van der Waals surface area contributed by atoms with E-state index in [1.165, 1.54) is 18.4 Å². The summed E-state index contributed by atoms with van der Waals surface area (Å²) in [7, 11) is 0. The fourth-order valence-electron chi connectivity index (χ4n) is 4.84. The van der Waals surface area contributed by atoms with Crippen molar-refractivity contribution in [2.75, 3.05) is 18.4 Å². The molecule has 0 unspecified atom stereocenters. The Labute approximate surface area is 212 Å². The first-order chi connectivity index (χ1) is 17.5. The molecule has 1 N–H and O–H groups in total. The number of fused-ring (bicyclic) bond motifs is 1. The van der Waals surface area contributed by atoms with Crippen LogP contribution in [0.15, 0.2) is 72.8 Å². The summed E-state index contributed by atoms with van der Waals surface area (Å²) in [6.07, 6.45) is 4.42. The molecule has 36 heavy (non-hydrogen) atoms. The lowest BCUT2D eigenvalue weighted by Gasteiger charge is -2.20. The summed E-state index contributed by atoms with van der Waals surface area (Å²) < 4.78 is 0. The summed E-state index contributed by atoms with van der Waals surface area (Å²) in [5.74, 6) is -0.194. The van der Waals surface area contributed by atoms with E-state index in [9.17, 15) is 9.59 Å². The molecule has 0 atom stereocenters. The molecule has 182 valence electrons. The van der Waals surface area contributed by atoms with Crippen molar-refractivity contribution in [1.82, 2.24) is 9.88 Å². The van der Waals surface area contributed by atoms with Crippen LogP contribution in [0.1, 0.15) is 57.5 Å². The highest BCUT2D eigenvalue weighted by Crippen LogP contribution is 2.28. The summed E-state index contributed by atoms with van der Waals surface area (Å²) in [6.45, 7) is 5.64. The molecule has 4 aromatic rings. The van der Waals surface area contributed by atoms with Crippen molar-refractivity contribution in [1.29, 1.82) is 0 Å². The van der Waals surface area contributed by atoms with Crippen molar-refractivity contribution in [2.24, 2.45) is 0 Å². The zero-order valence-electron chi connectivity index (χ0n) is 20.9. The summed E-state index contributed by atoms with van der Waals surface area (Å²) in [5, 5.41) is 3.84. The van der Waals surface area contributed by atoms with Gasteiger partial charge in [0.15, 0.2) is 0 Å². The van der Waals surface area contributed by atoms with E-state index in [1.54, 1.807) is 6.07 Å². The largest absolute Gasteiger partial charge is 0.339 e. The number of pyridine rings is 1. The van der Waals surface area contributed by atoms with E-state index >= 15 is 0 Å². The summed E-state index contributed by atoms with van der Waals surface area (Å²) in [4.78, 5) is 33.5. The average molecular weight is 478 g/mol. The van der Waals surface area contributed by atoms with Crippen LogP contribution in [0, 0.1) is 13.8 Å². The molecule has 2 amide bonds. The Morgan fingerprint density at radius 3 is 2.31 bits per heavy atom. The van der Waals surface area contributed by atoms with Crippen LogP contribution in [-0.2, 0) is 0 Å². The van der Waals surface area contributed by atoms with Crippen molar-refractivity contribution >= 4 is 28.4 Å². The Bertz CT molecular complexity index is 1420. The fraction of sp³-hybridized carbons (Fsp3) is 0.258. The van der Waals surface area contributed by atoms with Crippen LogP contribution in [-0.4, -0.2) is 34.8 Å². The number of amides is 2. The number of para-hydroxylation sites is 1. The van der Waals surface area contributed by atoms with Crippen LogP contribution in [0.4, 0.5) is 5.69 Å². The number of aromatic nitrogens is 1. The predicted molar refractivity (Wildman–Crippen MR) is 145 cm³/mol. The molecule has 5 rings (SSSR count). The summed E-state index contributed by atoms with van der Waals surface area (Å²) in [6, 6.07) is 23.1. The standard InChI is InChI=1S/C31H31N3O2/c1-21-13-15-23(16-14-21)28-20-27(26-12-7-9-22(2)29(26)33-28)30(35)32-25-11-8-10-24(19-25)31(36)34-17-5-3-4-6-18-34/h7-16,19-20H,3-6,17-18H2,1-2H3,(H,32,35). The number of benzene rings is 3. The molecule has 5 nitrogen and oxygen atoms in total. The Hall–Kier alpha value is -3.99. The van der Waals surface area contributed by atoms with Gasteiger partial charge in [0, 0.05) is 35.3 Å². The molecule has 1 aromatic heterocycles. The first-order valence-electron chi connectivity index (χ1n) is 12.7. The van der Waals surface area contributed by atoms with E-state index < -0.39 is 0 Å². The van der Waals surface area contributed by atoms with Crippen molar-refractivity contribution in [2.45, 2.75) is 39.5 Å². The molecule has 5 heteroatoms. The number of nitrogens with one attached hydrogen (secondary N) is 1. The SMILES string of the molecule is Cc1ccc(-c2cc(C(=O)Nc3cccc(C(=O)N4CCCCCC4)c3)c3cccc(C)c3n2)cc1. The quantitative estimate of drug-likeness (QED) is 0.352. The van der Waals surface area contributed by atoms with Crippen molar-refractivity contribution < 1.29 is 9.59 Å². The lowest BCUT2D eigenvalue weighted by atomic mass is 10.0. The number of hydrogen-bond donors (Lipinski definition) is 1. The van der Waals surface area contributed by atoms with Gasteiger partial charge < -0.3 is 10.2 Å². The van der Waals surface area contributed by atoms with Gasteiger partial charge in [0.05, 0.1) is 16.8 Å². The molecule has 0 saturated carbocycles. The zero-order valence-corrected chi connectivity index (χ0v) is 20.9. The van der Waals surface area contributed by atoms with Crippen molar-refractivity contribution in [3.63, 3.8) is 0 Å². The lowest BCUT2D eigenvalue weighted by Crippen LogP contribution is -2.31. The molecule has 1 saturated heterocycles. The van der Waals surface area contributed by atoms with Crippen LogP contribution in [0.5, 0.6) is 0 Å². The average Bonchev–Trinajstić information content (AvgIpc) is 3.18. The van der Waals surface area contributed by atoms with Gasteiger partial charge in [0.2, 0.25) is 0 Å². The Balaban J connectivity index is 1.47. The minimum absolute atomic E-state index is 0.0274. The van der Waals surface area contributed by atoms with Gasteiger partial charge in [-0.15, -0.1) is 0 Å². The molecule has 0 aliphatic carbocycles. The van der Waals surface area contributed by atoms with Crippen LogP contribution in [0.2, 0.25) is 0 Å². The van der Waals surface area contributed by atoms with Crippen molar-refractivity contribution in [3.8, 4) is 11.3 Å². The Morgan fingerprint density at radius 2 is 1.56 bits per heavy atom. The Morgan fingerprint density at radius 1 is 0.833 bits per heavy atom. The van der Waals surface area contributed by atoms with Gasteiger partial charge in [-0.1, -0.05) is 66.9 Å². The molecule has 0 spiro atoms. The second kappa shape index (κ2) is 10.3. The monoisotopic (exact) mass is 477 g/mol. The van der Waals surface area contributed by atoms with Crippen LogP contribution in [0.3, 0.4) is 0 Å². The first kappa shape index (κ1) is 23.7. The van der Waals surface area contributed by atoms with Crippen LogP contribution < -0.4 is 5.32 Å². The number of likely N-dealkylation sites (tertiary alicyclic amines) is 1. The molecular weight excluding hydrogens is 446 g/mol. The number of rotatable bonds is 4.